The van der Waals surface area contributed by atoms with E-state index in [1.54, 1.807) is 0 Å². The first-order valence-electron chi connectivity index (χ1n) is 8.14. The summed E-state index contributed by atoms with van der Waals surface area (Å²) in [5.74, 6) is 0. The maximum absolute atomic E-state index is 11.9. The minimum atomic E-state index is -0.486. The molecule has 4 heteroatoms. The predicted molar refractivity (Wildman–Crippen MR) is 89.6 cm³/mol. The van der Waals surface area contributed by atoms with Crippen LogP contribution in [0.3, 0.4) is 0 Å². The first-order chi connectivity index (χ1) is 11.2. The molecule has 2 aromatic rings. The Morgan fingerprint density at radius 3 is 2.39 bits per heavy atom. The first kappa shape index (κ1) is 14.3. The average Bonchev–Trinajstić information content (AvgIpc) is 3.32. The van der Waals surface area contributed by atoms with Crippen molar-refractivity contribution in [1.29, 1.82) is 0 Å². The molecule has 23 heavy (non-hydrogen) atoms. The van der Waals surface area contributed by atoms with Gasteiger partial charge in [-0.1, -0.05) is 43.2 Å². The van der Waals surface area contributed by atoms with E-state index < -0.39 is 6.03 Å². The summed E-state index contributed by atoms with van der Waals surface area (Å²) in [4.78, 5) is 13.4. The summed E-state index contributed by atoms with van der Waals surface area (Å²) in [5.41, 5.74) is 8.26. The molecular formula is C19H20N2O2. The van der Waals surface area contributed by atoms with E-state index >= 15 is 0 Å². The number of rotatable bonds is 3. The molecule has 0 bridgehead atoms. The van der Waals surface area contributed by atoms with Crippen LogP contribution in [0.25, 0.3) is 0 Å². The Morgan fingerprint density at radius 1 is 1.04 bits per heavy atom. The summed E-state index contributed by atoms with van der Waals surface area (Å²) in [7, 11) is 0. The molecule has 2 atom stereocenters. The predicted octanol–water partition coefficient (Wildman–Crippen LogP) is 4.07. The van der Waals surface area contributed by atoms with Crippen LogP contribution >= 0.6 is 0 Å². The Bertz CT molecular complexity index is 714. The van der Waals surface area contributed by atoms with Crippen molar-refractivity contribution < 1.29 is 9.53 Å². The smallest absolute Gasteiger partial charge is 0.323 e. The fraction of sp³-hybridized carbons (Fsp3) is 0.316. The fourth-order valence-electron chi connectivity index (χ4n) is 3.72. The number of hydrogen-bond acceptors (Lipinski definition) is 2. The van der Waals surface area contributed by atoms with Crippen molar-refractivity contribution in [2.45, 2.75) is 37.4 Å². The number of ether oxygens (including phenoxy) is 1. The molecule has 2 aliphatic rings. The maximum Gasteiger partial charge on any atom is 0.323 e. The zero-order chi connectivity index (χ0) is 15.9. The molecule has 4 rings (SSSR count). The van der Waals surface area contributed by atoms with Gasteiger partial charge in [0.15, 0.2) is 0 Å². The molecule has 2 amide bonds. The molecule has 0 aromatic heterocycles. The van der Waals surface area contributed by atoms with Crippen molar-refractivity contribution in [3.63, 3.8) is 0 Å². The number of amides is 2. The largest absolute Gasteiger partial charge is 0.361 e. The third-order valence-corrected chi connectivity index (χ3v) is 4.93. The van der Waals surface area contributed by atoms with Crippen LogP contribution in [0, 0.1) is 0 Å². The Morgan fingerprint density at radius 2 is 1.74 bits per heavy atom. The number of fused-ring (bicyclic) bond motifs is 1. The van der Waals surface area contributed by atoms with Crippen LogP contribution in [-0.4, -0.2) is 12.1 Å². The minimum absolute atomic E-state index is 0.0684. The fourth-order valence-corrected chi connectivity index (χ4v) is 3.72. The quantitative estimate of drug-likeness (QED) is 0.869. The molecule has 118 valence electrons. The SMILES string of the molecule is NC(=O)N(c1ccccc1)c1ccc(C23CCCCC2O3)cc1. The summed E-state index contributed by atoms with van der Waals surface area (Å²) >= 11 is 0. The van der Waals surface area contributed by atoms with Crippen molar-refractivity contribution in [3.05, 3.63) is 60.2 Å². The normalized spacial score (nSPS) is 25.5. The lowest BCUT2D eigenvalue weighted by Gasteiger charge is -2.22. The average molecular weight is 308 g/mol. The molecule has 1 saturated heterocycles. The number of urea groups is 1. The first-order valence-corrected chi connectivity index (χ1v) is 8.14. The van der Waals surface area contributed by atoms with Gasteiger partial charge in [-0.3, -0.25) is 4.90 Å². The third-order valence-electron chi connectivity index (χ3n) is 4.93. The van der Waals surface area contributed by atoms with Crippen molar-refractivity contribution in [1.82, 2.24) is 0 Å². The number of primary amides is 1. The van der Waals surface area contributed by atoms with E-state index in [0.717, 1.165) is 24.2 Å². The Hall–Kier alpha value is -2.33. The molecule has 1 aliphatic carbocycles. The van der Waals surface area contributed by atoms with Crippen LogP contribution in [0.1, 0.15) is 31.2 Å². The van der Waals surface area contributed by atoms with Gasteiger partial charge in [0.05, 0.1) is 17.5 Å². The zero-order valence-corrected chi connectivity index (χ0v) is 12.9. The standard InChI is InChI=1S/C19H20N2O2/c20-18(22)21(15-6-2-1-3-7-15)16-11-9-14(10-12-16)19-13-5-4-8-17(19)23-19/h1-3,6-7,9-12,17H,4-5,8,13H2,(H2,20,22). The van der Waals surface area contributed by atoms with Gasteiger partial charge in [0.1, 0.15) is 5.60 Å². The summed E-state index contributed by atoms with van der Waals surface area (Å²) in [6.45, 7) is 0. The summed E-state index contributed by atoms with van der Waals surface area (Å²) < 4.78 is 5.98. The summed E-state index contributed by atoms with van der Waals surface area (Å²) in [5, 5.41) is 0. The van der Waals surface area contributed by atoms with E-state index in [1.165, 1.54) is 23.3 Å². The van der Waals surface area contributed by atoms with Crippen LogP contribution in [0.4, 0.5) is 16.2 Å². The van der Waals surface area contributed by atoms with Gasteiger partial charge in [-0.05, 0) is 42.7 Å². The van der Waals surface area contributed by atoms with Crippen LogP contribution in [0.15, 0.2) is 54.6 Å². The Balaban J connectivity index is 1.63. The van der Waals surface area contributed by atoms with Crippen molar-refractivity contribution in [2.24, 2.45) is 5.73 Å². The van der Waals surface area contributed by atoms with Gasteiger partial charge in [-0.15, -0.1) is 0 Å². The molecule has 0 radical (unpaired) electrons. The summed E-state index contributed by atoms with van der Waals surface area (Å²) in [6.07, 6.45) is 5.10. The van der Waals surface area contributed by atoms with Crippen LogP contribution in [0.2, 0.25) is 0 Å². The number of nitrogens with two attached hydrogens (primary N) is 1. The van der Waals surface area contributed by atoms with Crippen LogP contribution in [-0.2, 0) is 10.3 Å². The molecule has 2 fully saturated rings. The number of benzene rings is 2. The van der Waals surface area contributed by atoms with Gasteiger partial charge in [0.25, 0.3) is 0 Å². The van der Waals surface area contributed by atoms with Gasteiger partial charge in [-0.25, -0.2) is 4.79 Å². The molecule has 1 saturated carbocycles. The number of anilines is 2. The molecule has 0 spiro atoms. The van der Waals surface area contributed by atoms with Gasteiger partial charge in [0, 0.05) is 0 Å². The molecule has 2 unspecified atom stereocenters. The monoisotopic (exact) mass is 308 g/mol. The van der Waals surface area contributed by atoms with Gasteiger partial charge >= 0.3 is 6.03 Å². The second kappa shape index (κ2) is 5.39. The van der Waals surface area contributed by atoms with Gasteiger partial charge < -0.3 is 10.5 Å². The van der Waals surface area contributed by atoms with Crippen LogP contribution < -0.4 is 10.6 Å². The Labute approximate surface area is 135 Å². The number of hydrogen-bond donors (Lipinski definition) is 1. The minimum Gasteiger partial charge on any atom is -0.361 e. The van der Waals surface area contributed by atoms with E-state index in [-0.39, 0.29) is 5.60 Å². The number of epoxide rings is 1. The van der Waals surface area contributed by atoms with Gasteiger partial charge in [0.2, 0.25) is 0 Å². The molecule has 2 N–H and O–H groups in total. The van der Waals surface area contributed by atoms with E-state index in [0.29, 0.717) is 6.10 Å². The lowest BCUT2D eigenvalue weighted by atomic mass is 9.84. The number of para-hydroxylation sites is 1. The Kier molecular flexibility index (Phi) is 3.34. The topological polar surface area (TPSA) is 58.9 Å². The highest BCUT2D eigenvalue weighted by molar-refractivity contribution is 5.98. The van der Waals surface area contributed by atoms with E-state index in [9.17, 15) is 4.79 Å². The highest BCUT2D eigenvalue weighted by atomic mass is 16.6. The molecule has 1 heterocycles. The highest BCUT2D eigenvalue weighted by Crippen LogP contribution is 2.55. The van der Waals surface area contributed by atoms with E-state index in [4.69, 9.17) is 10.5 Å². The van der Waals surface area contributed by atoms with E-state index in [1.807, 2.05) is 42.5 Å². The number of nitrogens with zero attached hydrogens (tertiary/aromatic N) is 1. The van der Waals surface area contributed by atoms with Crippen molar-refractivity contribution in [3.8, 4) is 0 Å². The third kappa shape index (κ3) is 2.39. The maximum atomic E-state index is 11.9. The zero-order valence-electron chi connectivity index (χ0n) is 12.9. The van der Waals surface area contributed by atoms with Crippen molar-refractivity contribution in [2.75, 3.05) is 4.90 Å². The molecule has 1 aliphatic heterocycles. The van der Waals surface area contributed by atoms with Gasteiger partial charge in [-0.2, -0.15) is 0 Å². The van der Waals surface area contributed by atoms with Crippen LogP contribution in [0.5, 0.6) is 0 Å². The second-order valence-electron chi connectivity index (χ2n) is 6.30. The van der Waals surface area contributed by atoms with E-state index in [2.05, 4.69) is 12.1 Å². The lowest BCUT2D eigenvalue weighted by Crippen LogP contribution is -2.31. The molecule has 2 aromatic carbocycles. The molecular weight excluding hydrogens is 288 g/mol. The highest BCUT2D eigenvalue weighted by Gasteiger charge is 2.58. The van der Waals surface area contributed by atoms with Crippen molar-refractivity contribution >= 4 is 17.4 Å². The number of carbonyl (C=O) groups is 1. The molecule has 4 nitrogen and oxygen atoms in total. The summed E-state index contributed by atoms with van der Waals surface area (Å²) in [6, 6.07) is 17.0. The lowest BCUT2D eigenvalue weighted by molar-refractivity contribution is 0.256. The second-order valence-corrected chi connectivity index (χ2v) is 6.30. The number of carbonyl (C=O) groups excluding carboxylic acids is 1.